The van der Waals surface area contributed by atoms with Crippen LogP contribution in [0.15, 0.2) is 29.3 Å². The first-order chi connectivity index (χ1) is 8.95. The minimum atomic E-state index is 0.297. The van der Waals surface area contributed by atoms with Crippen molar-refractivity contribution in [3.8, 4) is 0 Å². The number of thioether (sulfide) groups is 1. The molecule has 0 aromatic heterocycles. The Bertz CT molecular complexity index is 460. The van der Waals surface area contributed by atoms with Gasteiger partial charge in [0.05, 0.1) is 6.54 Å². The highest BCUT2D eigenvalue weighted by atomic mass is 32.2. The maximum atomic E-state index is 4.73. The van der Waals surface area contributed by atoms with Gasteiger partial charge in [0.1, 0.15) is 0 Å². The van der Waals surface area contributed by atoms with Crippen molar-refractivity contribution in [1.82, 2.24) is 5.32 Å². The van der Waals surface area contributed by atoms with Gasteiger partial charge in [-0.25, -0.2) is 0 Å². The van der Waals surface area contributed by atoms with Crippen molar-refractivity contribution in [2.75, 3.05) is 5.75 Å². The average Bonchev–Trinajstić information content (AvgIpc) is 2.36. The first kappa shape index (κ1) is 14.4. The van der Waals surface area contributed by atoms with Crippen LogP contribution >= 0.6 is 11.8 Å². The van der Waals surface area contributed by atoms with E-state index >= 15 is 0 Å². The zero-order valence-corrected chi connectivity index (χ0v) is 13.2. The summed E-state index contributed by atoms with van der Waals surface area (Å²) in [6.45, 7) is 9.77. The summed E-state index contributed by atoms with van der Waals surface area (Å²) in [5.41, 5.74) is 2.88. The lowest BCUT2D eigenvalue weighted by molar-refractivity contribution is 0.290. The molecule has 1 aliphatic heterocycles. The minimum Gasteiger partial charge on any atom is -0.362 e. The van der Waals surface area contributed by atoms with Gasteiger partial charge in [0, 0.05) is 11.8 Å². The average molecular weight is 276 g/mol. The molecule has 19 heavy (non-hydrogen) atoms. The summed E-state index contributed by atoms with van der Waals surface area (Å²) in [7, 11) is 0. The molecular weight excluding hydrogens is 252 g/mol. The van der Waals surface area contributed by atoms with Gasteiger partial charge in [0.15, 0.2) is 5.17 Å². The Kier molecular flexibility index (Phi) is 4.56. The number of aliphatic imine (C=N–C) groups is 1. The molecule has 0 saturated carbocycles. The fourth-order valence-corrected chi connectivity index (χ4v) is 3.18. The van der Waals surface area contributed by atoms with E-state index in [0.29, 0.717) is 11.5 Å². The van der Waals surface area contributed by atoms with E-state index in [0.717, 1.165) is 11.7 Å². The van der Waals surface area contributed by atoms with Crippen LogP contribution in [0.3, 0.4) is 0 Å². The van der Waals surface area contributed by atoms with Gasteiger partial charge in [-0.2, -0.15) is 0 Å². The van der Waals surface area contributed by atoms with Gasteiger partial charge in [-0.3, -0.25) is 4.99 Å². The third kappa shape index (κ3) is 4.27. The number of hydrogen-bond acceptors (Lipinski definition) is 2. The van der Waals surface area contributed by atoms with Crippen molar-refractivity contribution in [1.29, 1.82) is 0 Å². The largest absolute Gasteiger partial charge is 0.362 e. The summed E-state index contributed by atoms with van der Waals surface area (Å²) in [5.74, 6) is 1.17. The monoisotopic (exact) mass is 276 g/mol. The molecular formula is C16H24N2S. The first-order valence-electron chi connectivity index (χ1n) is 6.94. The molecule has 1 aromatic rings. The molecule has 1 aliphatic rings. The summed E-state index contributed by atoms with van der Waals surface area (Å²) >= 11 is 1.85. The Hall–Kier alpha value is -0.960. The Morgan fingerprint density at radius 2 is 2.16 bits per heavy atom. The van der Waals surface area contributed by atoms with Crippen LogP contribution in [-0.2, 0) is 6.54 Å². The fraction of sp³-hybridized carbons (Fsp3) is 0.562. The fourth-order valence-electron chi connectivity index (χ4n) is 2.25. The predicted octanol–water partition coefficient (Wildman–Crippen LogP) is 3.99. The molecule has 0 spiro atoms. The van der Waals surface area contributed by atoms with Crippen molar-refractivity contribution in [3.63, 3.8) is 0 Å². The molecule has 0 amide bonds. The van der Waals surface area contributed by atoms with Crippen LogP contribution in [0.1, 0.15) is 38.3 Å². The smallest absolute Gasteiger partial charge is 0.157 e. The van der Waals surface area contributed by atoms with Crippen molar-refractivity contribution < 1.29 is 0 Å². The SMILES string of the molecule is Cc1cccc(CN=C2NC(C(C)(C)C)CCS2)c1. The van der Waals surface area contributed by atoms with Crippen molar-refractivity contribution in [3.05, 3.63) is 35.4 Å². The van der Waals surface area contributed by atoms with E-state index in [4.69, 9.17) is 4.99 Å². The predicted molar refractivity (Wildman–Crippen MR) is 85.8 cm³/mol. The topological polar surface area (TPSA) is 24.4 Å². The van der Waals surface area contributed by atoms with Crippen LogP contribution in [0.2, 0.25) is 0 Å². The van der Waals surface area contributed by atoms with Crippen molar-refractivity contribution >= 4 is 16.9 Å². The Labute approximate surface area is 121 Å². The summed E-state index contributed by atoms with van der Waals surface area (Å²) in [6.07, 6.45) is 1.22. The van der Waals surface area contributed by atoms with Crippen molar-refractivity contribution in [2.45, 2.75) is 46.7 Å². The Morgan fingerprint density at radius 1 is 1.37 bits per heavy atom. The molecule has 1 fully saturated rings. The third-order valence-electron chi connectivity index (χ3n) is 3.48. The number of rotatable bonds is 2. The second-order valence-corrected chi connectivity index (χ2v) is 7.39. The van der Waals surface area contributed by atoms with E-state index in [2.05, 4.69) is 57.3 Å². The van der Waals surface area contributed by atoms with Crippen LogP contribution in [0, 0.1) is 12.3 Å². The summed E-state index contributed by atoms with van der Waals surface area (Å²) in [6, 6.07) is 9.11. The quantitative estimate of drug-likeness (QED) is 0.883. The Morgan fingerprint density at radius 3 is 2.84 bits per heavy atom. The van der Waals surface area contributed by atoms with Crippen LogP contribution in [0.4, 0.5) is 0 Å². The van der Waals surface area contributed by atoms with Gasteiger partial charge >= 0.3 is 0 Å². The molecule has 2 nitrogen and oxygen atoms in total. The van der Waals surface area contributed by atoms with Gasteiger partial charge in [0.2, 0.25) is 0 Å². The molecule has 0 radical (unpaired) electrons. The van der Waals surface area contributed by atoms with Crippen LogP contribution in [0.25, 0.3) is 0 Å². The number of nitrogens with zero attached hydrogens (tertiary/aromatic N) is 1. The zero-order chi connectivity index (χ0) is 13.9. The molecule has 1 saturated heterocycles. The zero-order valence-electron chi connectivity index (χ0n) is 12.4. The normalized spacial score (nSPS) is 22.3. The second kappa shape index (κ2) is 6.00. The Balaban J connectivity index is 1.99. The summed E-state index contributed by atoms with van der Waals surface area (Å²) < 4.78 is 0. The molecule has 3 heteroatoms. The van der Waals surface area contributed by atoms with Gasteiger partial charge in [-0.05, 0) is 24.3 Å². The number of nitrogens with one attached hydrogen (secondary N) is 1. The molecule has 1 unspecified atom stereocenters. The molecule has 1 heterocycles. The lowest BCUT2D eigenvalue weighted by Gasteiger charge is -2.35. The van der Waals surface area contributed by atoms with Gasteiger partial charge in [-0.15, -0.1) is 0 Å². The van der Waals surface area contributed by atoms with E-state index in [9.17, 15) is 0 Å². The molecule has 1 N–H and O–H groups in total. The highest BCUT2D eigenvalue weighted by Gasteiger charge is 2.28. The van der Waals surface area contributed by atoms with E-state index < -0.39 is 0 Å². The highest BCUT2D eigenvalue weighted by Crippen LogP contribution is 2.27. The van der Waals surface area contributed by atoms with E-state index in [-0.39, 0.29) is 0 Å². The van der Waals surface area contributed by atoms with Gasteiger partial charge < -0.3 is 5.32 Å². The van der Waals surface area contributed by atoms with Crippen molar-refractivity contribution in [2.24, 2.45) is 10.4 Å². The van der Waals surface area contributed by atoms with Gasteiger partial charge in [-0.1, -0.05) is 62.4 Å². The van der Waals surface area contributed by atoms with E-state index in [1.54, 1.807) is 0 Å². The number of hydrogen-bond donors (Lipinski definition) is 1. The molecule has 2 rings (SSSR count). The second-order valence-electron chi connectivity index (χ2n) is 6.31. The molecule has 1 aromatic carbocycles. The molecule has 104 valence electrons. The summed E-state index contributed by atoms with van der Waals surface area (Å²) in [5, 5.41) is 4.70. The van der Waals surface area contributed by atoms with E-state index in [1.807, 2.05) is 11.8 Å². The molecule has 1 atom stereocenters. The number of aryl methyl sites for hydroxylation is 1. The number of amidine groups is 1. The lowest BCUT2D eigenvalue weighted by atomic mass is 9.85. The van der Waals surface area contributed by atoms with Gasteiger partial charge in [0.25, 0.3) is 0 Å². The van der Waals surface area contributed by atoms with Crippen LogP contribution in [-0.4, -0.2) is 17.0 Å². The van der Waals surface area contributed by atoms with Crippen LogP contribution in [0.5, 0.6) is 0 Å². The summed E-state index contributed by atoms with van der Waals surface area (Å²) in [4.78, 5) is 4.73. The standard InChI is InChI=1S/C16H24N2S/c1-12-6-5-7-13(10-12)11-17-15-18-14(8-9-19-15)16(2,3)4/h5-7,10,14H,8-9,11H2,1-4H3,(H,17,18). The molecule has 0 aliphatic carbocycles. The third-order valence-corrected chi connectivity index (χ3v) is 4.44. The lowest BCUT2D eigenvalue weighted by Crippen LogP contribution is -2.46. The van der Waals surface area contributed by atoms with Crippen LogP contribution < -0.4 is 5.32 Å². The van der Waals surface area contributed by atoms with E-state index in [1.165, 1.54) is 23.3 Å². The first-order valence-corrected chi connectivity index (χ1v) is 7.93. The minimum absolute atomic E-state index is 0.297. The number of benzene rings is 1. The maximum Gasteiger partial charge on any atom is 0.157 e. The highest BCUT2D eigenvalue weighted by molar-refractivity contribution is 8.13. The maximum absolute atomic E-state index is 4.73. The molecule has 0 bridgehead atoms.